The number of rotatable bonds is 3. The molecule has 21 heavy (non-hydrogen) atoms. The van der Waals surface area contributed by atoms with Gasteiger partial charge in [-0.2, -0.15) is 4.68 Å². The topological polar surface area (TPSA) is 78.8 Å². The number of tetrazole rings is 1. The second kappa shape index (κ2) is 5.41. The Morgan fingerprint density at radius 2 is 2.05 bits per heavy atom. The third-order valence-corrected chi connectivity index (χ3v) is 3.33. The molecule has 0 aliphatic heterocycles. The fraction of sp³-hybridized carbons (Fsp3) is 0.0714. The van der Waals surface area contributed by atoms with Crippen LogP contribution >= 0.6 is 11.6 Å². The molecule has 0 bridgehead atoms. The predicted molar refractivity (Wildman–Crippen MR) is 80.6 cm³/mol. The average Bonchev–Trinajstić information content (AvgIpc) is 2.99. The SMILES string of the molecule is COc1cccc(-n2nnnc2-c2cc(N)ccc2Cl)c1. The number of nitrogens with two attached hydrogens (primary N) is 1. The van der Waals surface area contributed by atoms with Gasteiger partial charge in [-0.1, -0.05) is 17.7 Å². The van der Waals surface area contributed by atoms with Crippen molar-refractivity contribution < 1.29 is 4.74 Å². The smallest absolute Gasteiger partial charge is 0.188 e. The number of benzene rings is 2. The van der Waals surface area contributed by atoms with Gasteiger partial charge in [-0.3, -0.25) is 0 Å². The molecule has 6 nitrogen and oxygen atoms in total. The fourth-order valence-corrected chi connectivity index (χ4v) is 2.19. The second-order valence-corrected chi connectivity index (χ2v) is 4.76. The van der Waals surface area contributed by atoms with Crippen LogP contribution < -0.4 is 10.5 Å². The normalized spacial score (nSPS) is 10.6. The molecule has 2 aromatic carbocycles. The largest absolute Gasteiger partial charge is 0.497 e. The van der Waals surface area contributed by atoms with Gasteiger partial charge in [0.1, 0.15) is 5.75 Å². The van der Waals surface area contributed by atoms with Crippen LogP contribution in [0.25, 0.3) is 17.1 Å². The summed E-state index contributed by atoms with van der Waals surface area (Å²) in [5.74, 6) is 1.23. The van der Waals surface area contributed by atoms with Crippen molar-refractivity contribution >= 4 is 17.3 Å². The summed E-state index contributed by atoms with van der Waals surface area (Å²) in [5.41, 5.74) is 7.85. The van der Waals surface area contributed by atoms with E-state index in [1.165, 1.54) is 0 Å². The summed E-state index contributed by atoms with van der Waals surface area (Å²) in [6.45, 7) is 0. The molecule has 0 radical (unpaired) electrons. The summed E-state index contributed by atoms with van der Waals surface area (Å²) >= 11 is 6.22. The van der Waals surface area contributed by atoms with E-state index in [4.69, 9.17) is 22.1 Å². The second-order valence-electron chi connectivity index (χ2n) is 4.36. The lowest BCUT2D eigenvalue weighted by molar-refractivity contribution is 0.414. The van der Waals surface area contributed by atoms with Crippen molar-refractivity contribution in [1.29, 1.82) is 0 Å². The zero-order valence-corrected chi connectivity index (χ0v) is 11.9. The van der Waals surface area contributed by atoms with E-state index in [-0.39, 0.29) is 0 Å². The first-order valence-electron chi connectivity index (χ1n) is 6.17. The number of methoxy groups -OCH3 is 1. The molecule has 0 aliphatic carbocycles. The number of nitrogens with zero attached hydrogens (tertiary/aromatic N) is 4. The van der Waals surface area contributed by atoms with Crippen LogP contribution in [0.4, 0.5) is 5.69 Å². The highest BCUT2D eigenvalue weighted by atomic mass is 35.5. The van der Waals surface area contributed by atoms with Crippen LogP contribution in [0.2, 0.25) is 5.02 Å². The van der Waals surface area contributed by atoms with Crippen LogP contribution in [0.1, 0.15) is 0 Å². The fourth-order valence-electron chi connectivity index (χ4n) is 1.99. The first-order valence-corrected chi connectivity index (χ1v) is 6.55. The van der Waals surface area contributed by atoms with E-state index >= 15 is 0 Å². The average molecular weight is 302 g/mol. The van der Waals surface area contributed by atoms with Gasteiger partial charge in [0.05, 0.1) is 17.8 Å². The van der Waals surface area contributed by atoms with Crippen LogP contribution in [-0.2, 0) is 0 Å². The Morgan fingerprint density at radius 3 is 2.86 bits per heavy atom. The van der Waals surface area contributed by atoms with Gasteiger partial charge in [-0.05, 0) is 40.8 Å². The Bertz CT molecular complexity index is 787. The minimum absolute atomic E-state index is 0.514. The molecular formula is C14H12ClN5O. The van der Waals surface area contributed by atoms with E-state index in [2.05, 4.69) is 15.5 Å². The molecule has 3 rings (SSSR count). The first kappa shape index (κ1) is 13.4. The van der Waals surface area contributed by atoms with Crippen LogP contribution in [-0.4, -0.2) is 27.3 Å². The van der Waals surface area contributed by atoms with Gasteiger partial charge in [0.2, 0.25) is 0 Å². The highest BCUT2D eigenvalue weighted by Crippen LogP contribution is 2.29. The number of anilines is 1. The van der Waals surface area contributed by atoms with Gasteiger partial charge in [0.15, 0.2) is 5.82 Å². The summed E-state index contributed by atoms with van der Waals surface area (Å²) in [6, 6.07) is 12.6. The first-order chi connectivity index (χ1) is 10.2. The molecule has 0 saturated carbocycles. The minimum atomic E-state index is 0.514. The van der Waals surface area contributed by atoms with Crippen LogP contribution in [0.3, 0.4) is 0 Å². The highest BCUT2D eigenvalue weighted by molar-refractivity contribution is 6.33. The van der Waals surface area contributed by atoms with Gasteiger partial charge >= 0.3 is 0 Å². The van der Waals surface area contributed by atoms with Crippen LogP contribution in [0.5, 0.6) is 5.75 Å². The molecule has 3 aromatic rings. The molecule has 0 spiro atoms. The van der Waals surface area contributed by atoms with E-state index in [9.17, 15) is 0 Å². The Hall–Kier alpha value is -2.60. The standard InChI is InChI=1S/C14H12ClN5O/c1-21-11-4-2-3-10(8-11)20-14(17-18-19-20)12-7-9(16)5-6-13(12)15/h2-8H,16H2,1H3. The van der Waals surface area contributed by atoms with Gasteiger partial charge in [-0.25, -0.2) is 0 Å². The molecule has 0 atom stereocenters. The Morgan fingerprint density at radius 1 is 1.19 bits per heavy atom. The molecule has 0 aliphatic rings. The van der Waals surface area contributed by atoms with Crippen LogP contribution in [0.15, 0.2) is 42.5 Å². The lowest BCUT2D eigenvalue weighted by Crippen LogP contribution is -2.01. The minimum Gasteiger partial charge on any atom is -0.497 e. The van der Waals surface area contributed by atoms with Crippen LogP contribution in [0, 0.1) is 0 Å². The number of hydrogen-bond acceptors (Lipinski definition) is 5. The van der Waals surface area contributed by atoms with Gasteiger partial charge in [-0.15, -0.1) is 5.10 Å². The lowest BCUT2D eigenvalue weighted by Gasteiger charge is -2.08. The Labute approximate surface area is 126 Å². The highest BCUT2D eigenvalue weighted by Gasteiger charge is 2.14. The van der Waals surface area contributed by atoms with E-state index in [1.54, 1.807) is 30.0 Å². The van der Waals surface area contributed by atoms with Crippen molar-refractivity contribution in [2.45, 2.75) is 0 Å². The molecule has 0 amide bonds. The zero-order valence-electron chi connectivity index (χ0n) is 11.2. The molecule has 0 unspecified atom stereocenters. The monoisotopic (exact) mass is 301 g/mol. The molecule has 0 fully saturated rings. The molecule has 106 valence electrons. The number of ether oxygens (including phenoxy) is 1. The van der Waals surface area contributed by atoms with Crippen molar-refractivity contribution in [3.8, 4) is 22.8 Å². The molecular weight excluding hydrogens is 290 g/mol. The van der Waals surface area contributed by atoms with Gasteiger partial charge < -0.3 is 10.5 Å². The quantitative estimate of drug-likeness (QED) is 0.752. The number of nitrogen functional groups attached to an aromatic ring is 1. The molecule has 1 aromatic heterocycles. The summed E-state index contributed by atoms with van der Waals surface area (Å²) in [7, 11) is 1.61. The molecule has 2 N–H and O–H groups in total. The maximum atomic E-state index is 6.22. The predicted octanol–water partition coefficient (Wildman–Crippen LogP) is 2.57. The van der Waals surface area contributed by atoms with E-state index in [1.807, 2.05) is 24.3 Å². The maximum Gasteiger partial charge on any atom is 0.188 e. The van der Waals surface area contributed by atoms with Gasteiger partial charge in [0, 0.05) is 17.3 Å². The summed E-state index contributed by atoms with van der Waals surface area (Å²) in [5, 5.41) is 12.3. The van der Waals surface area contributed by atoms with Crippen molar-refractivity contribution in [3.05, 3.63) is 47.5 Å². The van der Waals surface area contributed by atoms with Crippen molar-refractivity contribution in [2.24, 2.45) is 0 Å². The third kappa shape index (κ3) is 2.53. The summed E-state index contributed by atoms with van der Waals surface area (Å²) in [6.07, 6.45) is 0. The van der Waals surface area contributed by atoms with E-state index in [0.717, 1.165) is 5.69 Å². The summed E-state index contributed by atoms with van der Waals surface area (Å²) in [4.78, 5) is 0. The number of hydrogen-bond donors (Lipinski definition) is 1. The third-order valence-electron chi connectivity index (χ3n) is 3.00. The van der Waals surface area contributed by atoms with E-state index in [0.29, 0.717) is 27.8 Å². The van der Waals surface area contributed by atoms with Gasteiger partial charge in [0.25, 0.3) is 0 Å². The Kier molecular flexibility index (Phi) is 3.45. The zero-order chi connectivity index (χ0) is 14.8. The van der Waals surface area contributed by atoms with E-state index < -0.39 is 0 Å². The summed E-state index contributed by atoms with van der Waals surface area (Å²) < 4.78 is 6.80. The maximum absolute atomic E-state index is 6.22. The van der Waals surface area contributed by atoms with Crippen molar-refractivity contribution in [1.82, 2.24) is 20.2 Å². The molecule has 1 heterocycles. The number of halogens is 1. The van der Waals surface area contributed by atoms with Crippen molar-refractivity contribution in [2.75, 3.05) is 12.8 Å². The molecule has 7 heteroatoms. The molecule has 0 saturated heterocycles. The number of aromatic nitrogens is 4. The Balaban J connectivity index is 2.14. The van der Waals surface area contributed by atoms with Crippen molar-refractivity contribution in [3.63, 3.8) is 0 Å². The lowest BCUT2D eigenvalue weighted by atomic mass is 10.2.